The van der Waals surface area contributed by atoms with Crippen LogP contribution in [-0.4, -0.2) is 5.60 Å². The Balaban J connectivity index is 0. The van der Waals surface area contributed by atoms with Crippen molar-refractivity contribution in [3.05, 3.63) is 51.6 Å². The van der Waals surface area contributed by atoms with Gasteiger partial charge in [-0.2, -0.15) is 0 Å². The molecule has 0 aromatic heterocycles. The molecule has 0 bridgehead atoms. The molecule has 2 rings (SSSR count). The number of aryl methyl sites for hydroxylation is 2. The SMILES string of the molecule is CC1=C(C)C(C)(Oc2c(C)cccc2C)C(C)=C1C.[Cl-].[Cl-].[Ti+2]. The second-order valence-electron chi connectivity index (χ2n) is 5.86. The second-order valence-corrected chi connectivity index (χ2v) is 5.86. The van der Waals surface area contributed by atoms with Crippen LogP contribution in [-0.2, 0) is 21.7 Å². The van der Waals surface area contributed by atoms with Crippen LogP contribution in [0.4, 0.5) is 0 Å². The molecular weight excluding hydrogens is 351 g/mol. The van der Waals surface area contributed by atoms with Gasteiger partial charge in [-0.1, -0.05) is 18.2 Å². The zero-order valence-corrected chi connectivity index (χ0v) is 17.5. The first kappa shape index (κ1) is 24.1. The van der Waals surface area contributed by atoms with Crippen LogP contribution in [0, 0.1) is 13.8 Å². The third-order valence-corrected chi connectivity index (χ3v) is 4.83. The van der Waals surface area contributed by atoms with Gasteiger partial charge in [-0.15, -0.1) is 0 Å². The van der Waals surface area contributed by atoms with Gasteiger partial charge in [-0.05, 0) is 81.9 Å². The van der Waals surface area contributed by atoms with Crippen LogP contribution in [0.1, 0.15) is 45.7 Å². The van der Waals surface area contributed by atoms with E-state index < -0.39 is 0 Å². The number of halogens is 2. The molecule has 0 spiro atoms. The molecule has 0 atom stereocenters. The smallest absolute Gasteiger partial charge is 1.00 e. The third-order valence-electron chi connectivity index (χ3n) is 4.83. The first-order chi connectivity index (χ1) is 8.79. The van der Waals surface area contributed by atoms with E-state index in [9.17, 15) is 0 Å². The van der Waals surface area contributed by atoms with Crippen LogP contribution in [0.25, 0.3) is 0 Å². The summed E-state index contributed by atoms with van der Waals surface area (Å²) in [5.74, 6) is 1.02. The molecule has 0 aliphatic heterocycles. The van der Waals surface area contributed by atoms with Crippen molar-refractivity contribution in [1.82, 2.24) is 0 Å². The van der Waals surface area contributed by atoms with Gasteiger partial charge in [0, 0.05) is 0 Å². The van der Waals surface area contributed by atoms with Crippen molar-refractivity contribution in [1.29, 1.82) is 0 Å². The van der Waals surface area contributed by atoms with Gasteiger partial charge in [0.05, 0.1) is 0 Å². The van der Waals surface area contributed by atoms with Gasteiger partial charge in [0.25, 0.3) is 0 Å². The second kappa shape index (κ2) is 8.59. The maximum Gasteiger partial charge on any atom is 2.00 e. The fourth-order valence-corrected chi connectivity index (χ4v) is 2.88. The fraction of sp³-hybridized carbons (Fsp3) is 0.444. The molecule has 0 radical (unpaired) electrons. The molecular formula is C18H24Cl2OTi. The number of hydrogen-bond donors (Lipinski definition) is 0. The van der Waals surface area contributed by atoms with Crippen LogP contribution in [0.15, 0.2) is 40.5 Å². The molecule has 120 valence electrons. The van der Waals surface area contributed by atoms with Crippen LogP contribution in [0.3, 0.4) is 0 Å². The first-order valence-corrected chi connectivity index (χ1v) is 6.90. The molecule has 22 heavy (non-hydrogen) atoms. The third kappa shape index (κ3) is 3.82. The monoisotopic (exact) mass is 374 g/mol. The Kier molecular flexibility index (Phi) is 9.39. The minimum atomic E-state index is -0.301. The van der Waals surface area contributed by atoms with Crippen molar-refractivity contribution in [2.45, 2.75) is 54.1 Å². The summed E-state index contributed by atoms with van der Waals surface area (Å²) in [4.78, 5) is 0. The van der Waals surface area contributed by atoms with Crippen LogP contribution in [0.2, 0.25) is 0 Å². The summed E-state index contributed by atoms with van der Waals surface area (Å²) in [6.07, 6.45) is 0. The van der Waals surface area contributed by atoms with Crippen LogP contribution < -0.4 is 29.6 Å². The number of para-hydroxylation sites is 1. The summed E-state index contributed by atoms with van der Waals surface area (Å²) >= 11 is 0. The van der Waals surface area contributed by atoms with Gasteiger partial charge in [0.2, 0.25) is 0 Å². The molecule has 0 saturated carbocycles. The Labute approximate surface area is 162 Å². The molecule has 1 aromatic rings. The van der Waals surface area contributed by atoms with Gasteiger partial charge in [0.1, 0.15) is 11.4 Å². The van der Waals surface area contributed by atoms with E-state index >= 15 is 0 Å². The molecule has 0 fully saturated rings. The molecule has 4 heteroatoms. The largest absolute Gasteiger partial charge is 2.00 e. The van der Waals surface area contributed by atoms with Gasteiger partial charge < -0.3 is 29.6 Å². The van der Waals surface area contributed by atoms with Crippen molar-refractivity contribution in [2.24, 2.45) is 0 Å². The molecule has 1 aliphatic carbocycles. The average Bonchev–Trinajstić information content (AvgIpc) is 2.51. The average molecular weight is 375 g/mol. The number of ether oxygens (including phenoxy) is 1. The number of allylic oxidation sites excluding steroid dienone is 2. The molecule has 1 nitrogen and oxygen atoms in total. The van der Waals surface area contributed by atoms with E-state index in [1.54, 1.807) is 0 Å². The molecule has 0 saturated heterocycles. The zero-order chi connectivity index (χ0) is 14.4. The summed E-state index contributed by atoms with van der Waals surface area (Å²) in [7, 11) is 0. The molecule has 0 N–H and O–H groups in total. The Bertz CT molecular complexity index is 559. The molecule has 0 unspecified atom stereocenters. The predicted octanol–water partition coefficient (Wildman–Crippen LogP) is -0.867. The summed E-state index contributed by atoms with van der Waals surface area (Å²) in [6.45, 7) is 15.1. The van der Waals surface area contributed by atoms with Gasteiger partial charge in [-0.25, -0.2) is 0 Å². The van der Waals surface area contributed by atoms with Crippen LogP contribution in [0.5, 0.6) is 5.75 Å². The van der Waals surface area contributed by atoms with E-state index in [0.29, 0.717) is 0 Å². The predicted molar refractivity (Wildman–Crippen MR) is 81.7 cm³/mol. The van der Waals surface area contributed by atoms with Crippen molar-refractivity contribution >= 4 is 0 Å². The Morgan fingerprint density at radius 1 is 0.773 bits per heavy atom. The van der Waals surface area contributed by atoms with Gasteiger partial charge >= 0.3 is 21.7 Å². The molecule has 1 aliphatic rings. The maximum absolute atomic E-state index is 6.47. The Morgan fingerprint density at radius 2 is 1.14 bits per heavy atom. The Morgan fingerprint density at radius 3 is 1.50 bits per heavy atom. The van der Waals surface area contributed by atoms with Gasteiger partial charge in [0.15, 0.2) is 0 Å². The summed E-state index contributed by atoms with van der Waals surface area (Å²) < 4.78 is 6.47. The zero-order valence-electron chi connectivity index (χ0n) is 14.4. The van der Waals surface area contributed by atoms with E-state index in [0.717, 1.165) is 5.75 Å². The van der Waals surface area contributed by atoms with E-state index in [4.69, 9.17) is 4.74 Å². The fourth-order valence-electron chi connectivity index (χ4n) is 2.88. The molecule has 1 aromatic carbocycles. The summed E-state index contributed by atoms with van der Waals surface area (Å²) in [5.41, 5.74) is 7.48. The number of hydrogen-bond acceptors (Lipinski definition) is 1. The van der Waals surface area contributed by atoms with E-state index in [2.05, 4.69) is 66.7 Å². The first-order valence-electron chi connectivity index (χ1n) is 6.90. The normalized spacial score (nSPS) is 15.8. The van der Waals surface area contributed by atoms with E-state index in [-0.39, 0.29) is 52.1 Å². The minimum absolute atomic E-state index is 0. The topological polar surface area (TPSA) is 9.23 Å². The van der Waals surface area contributed by atoms with Crippen molar-refractivity contribution < 1.29 is 51.3 Å². The summed E-state index contributed by atoms with van der Waals surface area (Å²) in [6, 6.07) is 6.30. The summed E-state index contributed by atoms with van der Waals surface area (Å²) in [5, 5.41) is 0. The quantitative estimate of drug-likeness (QED) is 0.612. The van der Waals surface area contributed by atoms with Crippen molar-refractivity contribution in [3.63, 3.8) is 0 Å². The number of rotatable bonds is 2. The maximum atomic E-state index is 6.47. The van der Waals surface area contributed by atoms with E-state index in [1.807, 2.05) is 0 Å². The number of benzene rings is 1. The Hall–Kier alpha value is -0.206. The van der Waals surface area contributed by atoms with Gasteiger partial charge in [-0.3, -0.25) is 0 Å². The minimum Gasteiger partial charge on any atom is -1.00 e. The van der Waals surface area contributed by atoms with E-state index in [1.165, 1.54) is 33.4 Å². The molecule has 0 amide bonds. The van der Waals surface area contributed by atoms with Crippen molar-refractivity contribution in [3.8, 4) is 5.75 Å². The van der Waals surface area contributed by atoms with Crippen molar-refractivity contribution in [2.75, 3.05) is 0 Å². The molecule has 0 heterocycles. The van der Waals surface area contributed by atoms with Crippen LogP contribution >= 0.6 is 0 Å². The standard InChI is InChI=1S/C18H24O.2ClH.Ti/c1-11-9-8-10-12(2)17(11)19-18(7)15(5)13(3)14(4)16(18)6;;;/h8-10H,1-7H3;2*1H;/q;;;+2/p-2.